The number of nitrogens with two attached hydrogens (primary N) is 1. The normalized spacial score (nSPS) is 12.2. The molecule has 6 heteroatoms. The van der Waals surface area contributed by atoms with Gasteiger partial charge in [-0.3, -0.25) is 0 Å². The molecule has 0 aliphatic rings. The zero-order valence-electron chi connectivity index (χ0n) is 11.9. The highest BCUT2D eigenvalue weighted by Crippen LogP contribution is 2.25. The Labute approximate surface area is 117 Å². The van der Waals surface area contributed by atoms with Gasteiger partial charge >= 0.3 is 0 Å². The Bertz CT molecular complexity index is 567. The van der Waals surface area contributed by atoms with Crippen molar-refractivity contribution in [1.29, 1.82) is 0 Å². The van der Waals surface area contributed by atoms with Crippen molar-refractivity contribution < 1.29 is 14.0 Å². The van der Waals surface area contributed by atoms with Gasteiger partial charge in [0, 0.05) is 13.0 Å². The fraction of sp³-hybridized carbons (Fsp3) is 0.429. The average molecular weight is 277 g/mol. The second-order valence-corrected chi connectivity index (χ2v) is 4.67. The number of ether oxygens (including phenoxy) is 2. The summed E-state index contributed by atoms with van der Waals surface area (Å²) in [4.78, 5) is 4.10. The van der Waals surface area contributed by atoms with Crippen LogP contribution in [-0.2, 0) is 13.0 Å². The summed E-state index contributed by atoms with van der Waals surface area (Å²) in [6.07, 6.45) is 0.706. The topological polar surface area (TPSA) is 83.4 Å². The molecule has 0 saturated carbocycles. The quantitative estimate of drug-likeness (QED) is 0.867. The van der Waals surface area contributed by atoms with Gasteiger partial charge in [-0.1, -0.05) is 5.16 Å². The highest BCUT2D eigenvalue weighted by molar-refractivity contribution is 5.40. The van der Waals surface area contributed by atoms with Gasteiger partial charge in [0.15, 0.2) is 6.61 Å². The van der Waals surface area contributed by atoms with Crippen molar-refractivity contribution in [2.24, 2.45) is 5.73 Å². The molecule has 2 N–H and O–H groups in total. The van der Waals surface area contributed by atoms with E-state index in [-0.39, 0.29) is 12.6 Å². The maximum absolute atomic E-state index is 5.86. The Kier molecular flexibility index (Phi) is 4.57. The molecule has 1 atom stereocenters. The molecular weight excluding hydrogens is 258 g/mol. The molecule has 0 spiro atoms. The third kappa shape index (κ3) is 3.71. The van der Waals surface area contributed by atoms with Crippen LogP contribution in [0.25, 0.3) is 0 Å². The maximum atomic E-state index is 5.86. The molecule has 20 heavy (non-hydrogen) atoms. The van der Waals surface area contributed by atoms with Crippen LogP contribution in [0.3, 0.4) is 0 Å². The number of rotatable bonds is 6. The molecule has 0 aliphatic heterocycles. The number of hydrogen-bond donors (Lipinski definition) is 1. The van der Waals surface area contributed by atoms with E-state index in [2.05, 4.69) is 10.1 Å². The van der Waals surface area contributed by atoms with Crippen LogP contribution in [0.2, 0.25) is 0 Å². The molecule has 0 aliphatic carbocycles. The van der Waals surface area contributed by atoms with Crippen LogP contribution >= 0.6 is 0 Å². The van der Waals surface area contributed by atoms with Crippen molar-refractivity contribution >= 4 is 0 Å². The number of aryl methyl sites for hydroxylation is 1. The molecule has 1 aromatic heterocycles. The summed E-state index contributed by atoms with van der Waals surface area (Å²) in [5, 5.41) is 3.79. The third-order valence-electron chi connectivity index (χ3n) is 2.74. The van der Waals surface area contributed by atoms with Crippen molar-refractivity contribution in [3.05, 3.63) is 35.5 Å². The molecule has 0 radical (unpaired) electrons. The predicted molar refractivity (Wildman–Crippen MR) is 73.7 cm³/mol. The van der Waals surface area contributed by atoms with Crippen LogP contribution in [0.5, 0.6) is 11.5 Å². The zero-order valence-corrected chi connectivity index (χ0v) is 11.9. The summed E-state index contributed by atoms with van der Waals surface area (Å²) in [6.45, 7) is 3.95. The summed E-state index contributed by atoms with van der Waals surface area (Å²) >= 11 is 0. The standard InChI is InChI=1S/C14H19N3O3/c1-9(15)6-11-7-12(18-3)4-5-13(11)19-8-14-16-10(2)20-17-14/h4-5,7,9H,6,8,15H2,1-3H3. The van der Waals surface area contributed by atoms with E-state index in [9.17, 15) is 0 Å². The van der Waals surface area contributed by atoms with E-state index in [4.69, 9.17) is 19.7 Å². The summed E-state index contributed by atoms with van der Waals surface area (Å²) in [6, 6.07) is 5.68. The van der Waals surface area contributed by atoms with Crippen molar-refractivity contribution in [2.45, 2.75) is 32.9 Å². The van der Waals surface area contributed by atoms with Crippen LogP contribution in [0.15, 0.2) is 22.7 Å². The van der Waals surface area contributed by atoms with Crippen molar-refractivity contribution in [3.8, 4) is 11.5 Å². The van der Waals surface area contributed by atoms with Crippen LogP contribution in [0.4, 0.5) is 0 Å². The lowest BCUT2D eigenvalue weighted by atomic mass is 10.1. The molecule has 6 nitrogen and oxygen atoms in total. The van der Waals surface area contributed by atoms with E-state index < -0.39 is 0 Å². The van der Waals surface area contributed by atoms with E-state index >= 15 is 0 Å². The molecule has 1 unspecified atom stereocenters. The molecule has 2 rings (SSSR count). The fourth-order valence-electron chi connectivity index (χ4n) is 1.87. The smallest absolute Gasteiger partial charge is 0.223 e. The lowest BCUT2D eigenvalue weighted by Gasteiger charge is -2.13. The van der Waals surface area contributed by atoms with E-state index in [1.807, 2.05) is 25.1 Å². The van der Waals surface area contributed by atoms with Gasteiger partial charge in [-0.25, -0.2) is 0 Å². The van der Waals surface area contributed by atoms with Crippen LogP contribution in [0, 0.1) is 6.92 Å². The van der Waals surface area contributed by atoms with Gasteiger partial charge in [-0.2, -0.15) is 4.98 Å². The van der Waals surface area contributed by atoms with Gasteiger partial charge in [0.2, 0.25) is 11.7 Å². The van der Waals surface area contributed by atoms with E-state index in [1.165, 1.54) is 0 Å². The Balaban J connectivity index is 2.12. The summed E-state index contributed by atoms with van der Waals surface area (Å²) < 4.78 is 15.9. The molecule has 108 valence electrons. The molecule has 0 amide bonds. The largest absolute Gasteiger partial charge is 0.497 e. The number of aromatic nitrogens is 2. The van der Waals surface area contributed by atoms with Gasteiger partial charge in [0.05, 0.1) is 7.11 Å². The van der Waals surface area contributed by atoms with Crippen LogP contribution in [0.1, 0.15) is 24.2 Å². The second-order valence-electron chi connectivity index (χ2n) is 4.67. The highest BCUT2D eigenvalue weighted by atomic mass is 16.5. The summed E-state index contributed by atoms with van der Waals surface area (Å²) in [5.41, 5.74) is 6.86. The summed E-state index contributed by atoms with van der Waals surface area (Å²) in [7, 11) is 1.63. The highest BCUT2D eigenvalue weighted by Gasteiger charge is 2.10. The molecule has 1 aromatic carbocycles. The van der Waals surface area contributed by atoms with E-state index in [1.54, 1.807) is 14.0 Å². The number of methoxy groups -OCH3 is 1. The number of benzene rings is 1. The molecule has 0 fully saturated rings. The van der Waals surface area contributed by atoms with Crippen LogP contribution in [-0.4, -0.2) is 23.3 Å². The minimum atomic E-state index is 0.0388. The molecule has 0 bridgehead atoms. The monoisotopic (exact) mass is 277 g/mol. The zero-order chi connectivity index (χ0) is 14.5. The van der Waals surface area contributed by atoms with Gasteiger partial charge in [-0.15, -0.1) is 0 Å². The predicted octanol–water partition coefficient (Wildman–Crippen LogP) is 1.86. The third-order valence-corrected chi connectivity index (χ3v) is 2.74. The van der Waals surface area contributed by atoms with Gasteiger partial charge in [0.1, 0.15) is 11.5 Å². The van der Waals surface area contributed by atoms with Crippen molar-refractivity contribution in [2.75, 3.05) is 7.11 Å². The van der Waals surface area contributed by atoms with Gasteiger partial charge in [0.25, 0.3) is 0 Å². The number of nitrogens with zero attached hydrogens (tertiary/aromatic N) is 2. The average Bonchev–Trinajstić information content (AvgIpc) is 2.82. The first-order valence-corrected chi connectivity index (χ1v) is 6.43. The lowest BCUT2D eigenvalue weighted by molar-refractivity contribution is 0.282. The van der Waals surface area contributed by atoms with E-state index in [0.717, 1.165) is 17.1 Å². The lowest BCUT2D eigenvalue weighted by Crippen LogP contribution is -2.18. The Morgan fingerprint density at radius 2 is 2.20 bits per heavy atom. The SMILES string of the molecule is COc1ccc(OCc2noc(C)n2)c(CC(C)N)c1. The maximum Gasteiger partial charge on any atom is 0.223 e. The fourth-order valence-corrected chi connectivity index (χ4v) is 1.87. The van der Waals surface area contributed by atoms with Crippen LogP contribution < -0.4 is 15.2 Å². The molecular formula is C14H19N3O3. The van der Waals surface area contributed by atoms with Gasteiger partial charge in [-0.05, 0) is 37.1 Å². The number of hydrogen-bond acceptors (Lipinski definition) is 6. The molecule has 1 heterocycles. The Hall–Kier alpha value is -2.08. The summed E-state index contributed by atoms with van der Waals surface area (Å²) in [5.74, 6) is 2.58. The first-order valence-electron chi connectivity index (χ1n) is 6.43. The minimum absolute atomic E-state index is 0.0388. The molecule has 2 aromatic rings. The van der Waals surface area contributed by atoms with Gasteiger partial charge < -0.3 is 19.7 Å². The first kappa shape index (κ1) is 14.3. The van der Waals surface area contributed by atoms with Crippen molar-refractivity contribution in [3.63, 3.8) is 0 Å². The minimum Gasteiger partial charge on any atom is -0.497 e. The van der Waals surface area contributed by atoms with E-state index in [0.29, 0.717) is 18.1 Å². The second kappa shape index (κ2) is 6.38. The Morgan fingerprint density at radius 3 is 2.80 bits per heavy atom. The van der Waals surface area contributed by atoms with Crippen molar-refractivity contribution in [1.82, 2.24) is 10.1 Å². The first-order chi connectivity index (χ1) is 9.58. The molecule has 0 saturated heterocycles. The Morgan fingerprint density at radius 1 is 1.40 bits per heavy atom.